The van der Waals surface area contributed by atoms with Crippen LogP contribution in [0.2, 0.25) is 18.1 Å². The highest BCUT2D eigenvalue weighted by Gasteiger charge is 2.40. The van der Waals surface area contributed by atoms with E-state index in [9.17, 15) is 9.90 Å². The molecule has 0 aromatic heterocycles. The van der Waals surface area contributed by atoms with Gasteiger partial charge in [0.25, 0.3) is 0 Å². The summed E-state index contributed by atoms with van der Waals surface area (Å²) in [7, 11) is -1.91. The van der Waals surface area contributed by atoms with Crippen LogP contribution in [0.5, 0.6) is 0 Å². The molecule has 1 rings (SSSR count). The predicted molar refractivity (Wildman–Crippen MR) is 86.6 cm³/mol. The molecule has 0 aromatic rings. The molecule has 0 amide bonds. The number of cyclic esters (lactones) is 1. The van der Waals surface area contributed by atoms with Crippen LogP contribution < -0.4 is 0 Å². The van der Waals surface area contributed by atoms with E-state index in [0.717, 1.165) is 6.42 Å². The summed E-state index contributed by atoms with van der Waals surface area (Å²) in [5.41, 5.74) is 0. The van der Waals surface area contributed by atoms with E-state index < -0.39 is 14.4 Å². The lowest BCUT2D eigenvalue weighted by Gasteiger charge is -2.40. The summed E-state index contributed by atoms with van der Waals surface area (Å²) < 4.78 is 11.7. The van der Waals surface area contributed by atoms with E-state index in [1.165, 1.54) is 6.08 Å². The van der Waals surface area contributed by atoms with Crippen molar-refractivity contribution < 1.29 is 19.1 Å². The van der Waals surface area contributed by atoms with Gasteiger partial charge >= 0.3 is 5.97 Å². The SMILES string of the molecule is C[C@H](O)C[C@@H](C[C@@H]1CC=CC(=O)O1)O[Si](C)(C)C(C)(C)C. The molecule has 0 aliphatic carbocycles. The Balaban J connectivity index is 2.72. The number of hydrogen-bond donors (Lipinski definition) is 1. The normalized spacial score (nSPS) is 22.8. The lowest BCUT2D eigenvalue weighted by molar-refractivity contribution is -0.145. The zero-order chi connectivity index (χ0) is 16.3. The lowest BCUT2D eigenvalue weighted by Crippen LogP contribution is -2.45. The van der Waals surface area contributed by atoms with Crippen molar-refractivity contribution in [3.8, 4) is 0 Å². The van der Waals surface area contributed by atoms with E-state index in [0.29, 0.717) is 12.8 Å². The fourth-order valence-electron chi connectivity index (χ4n) is 2.17. The van der Waals surface area contributed by atoms with Crippen LogP contribution in [0, 0.1) is 0 Å². The Morgan fingerprint density at radius 2 is 2.10 bits per heavy atom. The van der Waals surface area contributed by atoms with Crippen LogP contribution in [-0.4, -0.2) is 37.7 Å². The molecule has 0 saturated heterocycles. The molecule has 1 N–H and O–H groups in total. The summed E-state index contributed by atoms with van der Waals surface area (Å²) in [5, 5.41) is 9.84. The van der Waals surface area contributed by atoms with Crippen LogP contribution in [0.25, 0.3) is 0 Å². The third-order valence-electron chi connectivity index (χ3n) is 4.33. The highest BCUT2D eigenvalue weighted by molar-refractivity contribution is 6.74. The minimum atomic E-state index is -1.91. The minimum Gasteiger partial charge on any atom is -0.459 e. The van der Waals surface area contributed by atoms with Crippen molar-refractivity contribution in [3.05, 3.63) is 12.2 Å². The number of carbonyl (C=O) groups excluding carboxylic acids is 1. The maximum Gasteiger partial charge on any atom is 0.330 e. The monoisotopic (exact) mass is 314 g/mol. The number of aliphatic hydroxyl groups is 1. The largest absolute Gasteiger partial charge is 0.459 e. The van der Waals surface area contributed by atoms with E-state index in [2.05, 4.69) is 33.9 Å². The number of hydrogen-bond acceptors (Lipinski definition) is 4. The van der Waals surface area contributed by atoms with Crippen molar-refractivity contribution in [1.82, 2.24) is 0 Å². The van der Waals surface area contributed by atoms with E-state index in [4.69, 9.17) is 9.16 Å². The molecule has 4 nitrogen and oxygen atoms in total. The van der Waals surface area contributed by atoms with Gasteiger partial charge in [-0.05, 0) is 31.5 Å². The number of ether oxygens (including phenoxy) is 1. The minimum absolute atomic E-state index is 0.0739. The standard InChI is InChI=1S/C16H30O4Si/c1-12(17)10-14(20-21(5,6)16(2,3)4)11-13-8-7-9-15(18)19-13/h7,9,12-14,17H,8,10-11H2,1-6H3/t12-,13-,14-/m0/s1. The summed E-state index contributed by atoms with van der Waals surface area (Å²) in [6.45, 7) is 12.8. The Kier molecular flexibility index (Phi) is 6.19. The van der Waals surface area contributed by atoms with Crippen LogP contribution in [0.1, 0.15) is 47.0 Å². The van der Waals surface area contributed by atoms with E-state index in [1.54, 1.807) is 6.92 Å². The second kappa shape index (κ2) is 7.07. The molecular weight excluding hydrogens is 284 g/mol. The van der Waals surface area contributed by atoms with Gasteiger partial charge in [0, 0.05) is 18.9 Å². The van der Waals surface area contributed by atoms with Gasteiger partial charge in [-0.1, -0.05) is 26.8 Å². The maximum absolute atomic E-state index is 11.3. The molecule has 0 saturated carbocycles. The van der Waals surface area contributed by atoms with Gasteiger partial charge in [0.1, 0.15) is 6.10 Å². The molecular formula is C16H30O4Si. The van der Waals surface area contributed by atoms with Gasteiger partial charge in [-0.15, -0.1) is 0 Å². The molecule has 21 heavy (non-hydrogen) atoms. The second-order valence-electron chi connectivity index (χ2n) is 7.52. The second-order valence-corrected chi connectivity index (χ2v) is 12.3. The molecule has 3 atom stereocenters. The Bertz CT molecular complexity index is 382. The highest BCUT2D eigenvalue weighted by atomic mass is 28.4. The van der Waals surface area contributed by atoms with Gasteiger partial charge in [-0.25, -0.2) is 4.79 Å². The zero-order valence-electron chi connectivity index (χ0n) is 14.2. The molecule has 1 aliphatic rings. The highest BCUT2D eigenvalue weighted by Crippen LogP contribution is 2.38. The number of rotatable bonds is 6. The van der Waals surface area contributed by atoms with E-state index in [-0.39, 0.29) is 23.2 Å². The molecule has 122 valence electrons. The van der Waals surface area contributed by atoms with Crippen molar-refractivity contribution >= 4 is 14.3 Å². The van der Waals surface area contributed by atoms with Gasteiger partial charge in [0.15, 0.2) is 8.32 Å². The molecule has 1 aliphatic heterocycles. The third-order valence-corrected chi connectivity index (χ3v) is 8.87. The van der Waals surface area contributed by atoms with Crippen molar-refractivity contribution in [2.45, 2.75) is 83.4 Å². The average Bonchev–Trinajstić information content (AvgIpc) is 2.25. The number of carbonyl (C=O) groups is 1. The summed E-state index contributed by atoms with van der Waals surface area (Å²) >= 11 is 0. The van der Waals surface area contributed by atoms with Crippen LogP contribution >= 0.6 is 0 Å². The van der Waals surface area contributed by atoms with E-state index >= 15 is 0 Å². The lowest BCUT2D eigenvalue weighted by atomic mass is 10.0. The van der Waals surface area contributed by atoms with Crippen molar-refractivity contribution in [2.24, 2.45) is 0 Å². The Labute approximate surface area is 129 Å². The molecule has 0 bridgehead atoms. The first-order valence-corrected chi connectivity index (χ1v) is 10.6. The third kappa shape index (κ3) is 5.92. The smallest absolute Gasteiger partial charge is 0.330 e. The topological polar surface area (TPSA) is 55.8 Å². The summed E-state index contributed by atoms with van der Waals surface area (Å²) in [6.07, 6.45) is 4.62. The number of esters is 1. The van der Waals surface area contributed by atoms with Crippen LogP contribution in [0.15, 0.2) is 12.2 Å². The summed E-state index contributed by atoms with van der Waals surface area (Å²) in [6, 6.07) is 0. The Morgan fingerprint density at radius 3 is 2.57 bits per heavy atom. The quantitative estimate of drug-likeness (QED) is 0.603. The molecule has 1 heterocycles. The fourth-order valence-corrected chi connectivity index (χ4v) is 3.55. The molecule has 0 spiro atoms. The summed E-state index contributed by atoms with van der Waals surface area (Å²) in [5.74, 6) is -0.283. The van der Waals surface area contributed by atoms with Gasteiger partial charge < -0.3 is 14.3 Å². The maximum atomic E-state index is 11.3. The van der Waals surface area contributed by atoms with Crippen LogP contribution in [0.4, 0.5) is 0 Å². The molecule has 0 radical (unpaired) electrons. The van der Waals surface area contributed by atoms with Crippen molar-refractivity contribution in [1.29, 1.82) is 0 Å². The van der Waals surface area contributed by atoms with Gasteiger partial charge in [-0.2, -0.15) is 0 Å². The van der Waals surface area contributed by atoms with Gasteiger partial charge in [0.2, 0.25) is 0 Å². The molecule has 0 unspecified atom stereocenters. The predicted octanol–water partition coefficient (Wildman–Crippen LogP) is 3.41. The van der Waals surface area contributed by atoms with Crippen LogP contribution in [-0.2, 0) is 14.0 Å². The van der Waals surface area contributed by atoms with E-state index in [1.807, 2.05) is 6.08 Å². The average molecular weight is 314 g/mol. The fraction of sp³-hybridized carbons (Fsp3) is 0.812. The first kappa shape index (κ1) is 18.4. The van der Waals surface area contributed by atoms with Crippen LogP contribution in [0.3, 0.4) is 0 Å². The van der Waals surface area contributed by atoms with Gasteiger partial charge in [0.05, 0.1) is 12.2 Å². The molecule has 5 heteroatoms. The summed E-state index contributed by atoms with van der Waals surface area (Å²) in [4.78, 5) is 11.3. The Hall–Kier alpha value is -0.653. The van der Waals surface area contributed by atoms with Crippen molar-refractivity contribution in [2.75, 3.05) is 0 Å². The first-order valence-electron chi connectivity index (χ1n) is 7.74. The Morgan fingerprint density at radius 1 is 1.48 bits per heavy atom. The first-order chi connectivity index (χ1) is 9.51. The number of aliphatic hydroxyl groups excluding tert-OH is 1. The molecule has 0 aromatic carbocycles. The van der Waals surface area contributed by atoms with Gasteiger partial charge in [-0.3, -0.25) is 0 Å². The zero-order valence-corrected chi connectivity index (χ0v) is 15.2. The van der Waals surface area contributed by atoms with Crippen molar-refractivity contribution in [3.63, 3.8) is 0 Å². The molecule has 0 fully saturated rings.